The molecule has 5 rings (SSSR count). The molecule has 1 aliphatic rings. The van der Waals surface area contributed by atoms with Crippen molar-refractivity contribution in [3.05, 3.63) is 63.5 Å². The number of hydrogen-bond acceptors (Lipinski definition) is 7. The van der Waals surface area contributed by atoms with E-state index in [0.29, 0.717) is 30.2 Å². The third-order valence-corrected chi connectivity index (χ3v) is 7.76. The number of nitrogens with zero attached hydrogens (tertiary/aromatic N) is 5. The molecule has 1 saturated heterocycles. The number of nitrogens with one attached hydrogen (secondary N) is 1. The Morgan fingerprint density at radius 3 is 2.56 bits per heavy atom. The number of methoxy groups -OCH3 is 1. The van der Waals surface area contributed by atoms with E-state index < -0.39 is 0 Å². The predicted octanol–water partition coefficient (Wildman–Crippen LogP) is 4.32. The fraction of sp³-hybridized carbons (Fsp3) is 0.346. The molecular weight excluding hydrogens is 476 g/mol. The average molecular weight is 505 g/mol. The van der Waals surface area contributed by atoms with Crippen molar-refractivity contribution in [1.29, 1.82) is 0 Å². The first kappa shape index (κ1) is 23.9. The lowest BCUT2D eigenvalue weighted by Crippen LogP contribution is -2.38. The third kappa shape index (κ3) is 4.44. The molecule has 4 aromatic rings. The van der Waals surface area contributed by atoms with Crippen LogP contribution < -0.4 is 10.1 Å². The zero-order valence-corrected chi connectivity index (χ0v) is 21.6. The molecule has 1 aliphatic heterocycles. The maximum atomic E-state index is 13.2. The fourth-order valence-corrected chi connectivity index (χ4v) is 5.60. The van der Waals surface area contributed by atoms with E-state index in [2.05, 4.69) is 20.4 Å². The summed E-state index contributed by atoms with van der Waals surface area (Å²) in [6, 6.07) is 9.36. The number of piperidine rings is 1. The molecule has 0 bridgehead atoms. The van der Waals surface area contributed by atoms with Crippen LogP contribution in [0.2, 0.25) is 0 Å². The standard InChI is InChI=1S/C26H28N6O3S/c1-15-23(16(2)31(3)30-15)29-24(33)21-14-36-25(28-21)17-9-11-32(12-10-17)26(34)20-13-22(35-4)18-7-5-6-8-19(18)27-20/h5-8,13-14,17H,9-12H2,1-4H3,(H,29,33). The van der Waals surface area contributed by atoms with Gasteiger partial charge in [-0.25, -0.2) is 9.97 Å². The summed E-state index contributed by atoms with van der Waals surface area (Å²) in [5, 5.41) is 10.9. The number of para-hydroxylation sites is 1. The highest BCUT2D eigenvalue weighted by molar-refractivity contribution is 7.10. The topological polar surface area (TPSA) is 102 Å². The van der Waals surface area contributed by atoms with E-state index in [0.717, 1.165) is 45.8 Å². The maximum absolute atomic E-state index is 13.2. The van der Waals surface area contributed by atoms with Crippen LogP contribution >= 0.6 is 11.3 Å². The SMILES string of the molecule is COc1cc(C(=O)N2CCC(c3nc(C(=O)Nc4c(C)nn(C)c4C)cs3)CC2)nc2ccccc12. The highest BCUT2D eigenvalue weighted by atomic mass is 32.1. The van der Waals surface area contributed by atoms with E-state index in [1.54, 1.807) is 23.2 Å². The van der Waals surface area contributed by atoms with Crippen LogP contribution in [0.1, 0.15) is 56.1 Å². The molecule has 1 N–H and O–H groups in total. The van der Waals surface area contributed by atoms with Gasteiger partial charge in [0.05, 0.1) is 34.7 Å². The second kappa shape index (κ2) is 9.69. The third-order valence-electron chi connectivity index (χ3n) is 6.75. The molecule has 9 nitrogen and oxygen atoms in total. The van der Waals surface area contributed by atoms with Gasteiger partial charge in [-0.15, -0.1) is 11.3 Å². The number of ether oxygens (including phenoxy) is 1. The summed E-state index contributed by atoms with van der Waals surface area (Å²) in [7, 11) is 3.45. The van der Waals surface area contributed by atoms with Crippen LogP contribution in [0.3, 0.4) is 0 Å². The number of carbonyl (C=O) groups excluding carboxylic acids is 2. The molecular formula is C26H28N6O3S. The molecule has 0 radical (unpaired) electrons. The minimum Gasteiger partial charge on any atom is -0.496 e. The Kier molecular flexibility index (Phi) is 6.44. The van der Waals surface area contributed by atoms with Crippen molar-refractivity contribution in [3.8, 4) is 5.75 Å². The van der Waals surface area contributed by atoms with Crippen molar-refractivity contribution in [2.45, 2.75) is 32.6 Å². The van der Waals surface area contributed by atoms with Crippen LogP contribution in [0.5, 0.6) is 5.75 Å². The van der Waals surface area contributed by atoms with Gasteiger partial charge in [0.25, 0.3) is 11.8 Å². The first-order chi connectivity index (χ1) is 17.4. The number of pyridine rings is 1. The molecule has 0 spiro atoms. The lowest BCUT2D eigenvalue weighted by molar-refractivity contribution is 0.0707. The van der Waals surface area contributed by atoms with E-state index in [1.165, 1.54) is 11.3 Å². The van der Waals surface area contributed by atoms with Gasteiger partial charge in [-0.2, -0.15) is 5.10 Å². The van der Waals surface area contributed by atoms with Crippen LogP contribution in [0.4, 0.5) is 5.69 Å². The highest BCUT2D eigenvalue weighted by Crippen LogP contribution is 2.32. The Morgan fingerprint density at radius 1 is 1.11 bits per heavy atom. The summed E-state index contributed by atoms with van der Waals surface area (Å²) in [6.45, 7) is 5.00. The maximum Gasteiger partial charge on any atom is 0.275 e. The van der Waals surface area contributed by atoms with Crippen molar-refractivity contribution >= 4 is 39.7 Å². The summed E-state index contributed by atoms with van der Waals surface area (Å²) >= 11 is 1.50. The van der Waals surface area contributed by atoms with E-state index in [1.807, 2.05) is 50.1 Å². The van der Waals surface area contributed by atoms with Crippen molar-refractivity contribution in [3.63, 3.8) is 0 Å². The summed E-state index contributed by atoms with van der Waals surface area (Å²) in [4.78, 5) is 37.0. The second-order valence-electron chi connectivity index (χ2n) is 8.99. The molecule has 0 atom stereocenters. The monoisotopic (exact) mass is 504 g/mol. The Hall–Kier alpha value is -3.79. The van der Waals surface area contributed by atoms with Gasteiger partial charge in [-0.3, -0.25) is 14.3 Å². The molecule has 0 aliphatic carbocycles. The minimum absolute atomic E-state index is 0.0982. The predicted molar refractivity (Wildman–Crippen MR) is 139 cm³/mol. The van der Waals surface area contributed by atoms with Gasteiger partial charge in [0, 0.05) is 42.9 Å². The molecule has 3 aromatic heterocycles. The average Bonchev–Trinajstić information content (AvgIpc) is 3.48. The Balaban J connectivity index is 1.24. The summed E-state index contributed by atoms with van der Waals surface area (Å²) < 4.78 is 7.24. The number of anilines is 1. The zero-order valence-electron chi connectivity index (χ0n) is 20.7. The largest absolute Gasteiger partial charge is 0.496 e. The van der Waals surface area contributed by atoms with E-state index >= 15 is 0 Å². The molecule has 36 heavy (non-hydrogen) atoms. The van der Waals surface area contributed by atoms with Crippen molar-refractivity contribution in [1.82, 2.24) is 24.6 Å². The summed E-state index contributed by atoms with van der Waals surface area (Å²) in [6.07, 6.45) is 1.57. The van der Waals surface area contributed by atoms with Crippen LogP contribution in [0, 0.1) is 13.8 Å². The van der Waals surface area contributed by atoms with Gasteiger partial charge in [-0.05, 0) is 38.8 Å². The van der Waals surface area contributed by atoms with Gasteiger partial charge in [-0.1, -0.05) is 12.1 Å². The van der Waals surface area contributed by atoms with E-state index in [-0.39, 0.29) is 17.7 Å². The van der Waals surface area contributed by atoms with Crippen LogP contribution in [-0.2, 0) is 7.05 Å². The molecule has 2 amide bonds. The summed E-state index contributed by atoms with van der Waals surface area (Å²) in [5.74, 6) is 0.519. The van der Waals surface area contributed by atoms with Crippen LogP contribution in [0.15, 0.2) is 35.7 Å². The van der Waals surface area contributed by atoms with Crippen molar-refractivity contribution in [2.75, 3.05) is 25.5 Å². The quantitative estimate of drug-likeness (QED) is 0.434. The van der Waals surface area contributed by atoms with Crippen LogP contribution in [-0.4, -0.2) is 56.7 Å². The molecule has 10 heteroatoms. The Morgan fingerprint density at radius 2 is 1.86 bits per heavy atom. The summed E-state index contributed by atoms with van der Waals surface area (Å²) in [5.41, 5.74) is 3.92. The first-order valence-corrected chi connectivity index (χ1v) is 12.7. The minimum atomic E-state index is -0.236. The Labute approximate surface area is 213 Å². The number of aromatic nitrogens is 4. The van der Waals surface area contributed by atoms with E-state index in [9.17, 15) is 9.59 Å². The molecule has 0 saturated carbocycles. The second-order valence-corrected chi connectivity index (χ2v) is 9.88. The van der Waals surface area contributed by atoms with Gasteiger partial charge in [0.2, 0.25) is 0 Å². The van der Waals surface area contributed by atoms with Crippen molar-refractivity contribution in [2.24, 2.45) is 7.05 Å². The lowest BCUT2D eigenvalue weighted by atomic mass is 9.97. The van der Waals surface area contributed by atoms with Gasteiger partial charge < -0.3 is 15.0 Å². The van der Waals surface area contributed by atoms with Gasteiger partial charge >= 0.3 is 0 Å². The smallest absolute Gasteiger partial charge is 0.275 e. The fourth-order valence-electron chi connectivity index (χ4n) is 4.62. The van der Waals surface area contributed by atoms with Crippen LogP contribution in [0.25, 0.3) is 10.9 Å². The number of likely N-dealkylation sites (tertiary alicyclic amines) is 1. The normalized spacial score (nSPS) is 14.3. The van der Waals surface area contributed by atoms with Gasteiger partial charge in [0.1, 0.15) is 17.1 Å². The lowest BCUT2D eigenvalue weighted by Gasteiger charge is -2.31. The number of carbonyl (C=O) groups is 2. The van der Waals surface area contributed by atoms with Gasteiger partial charge in [0.15, 0.2) is 0 Å². The highest BCUT2D eigenvalue weighted by Gasteiger charge is 2.28. The number of hydrogen-bond donors (Lipinski definition) is 1. The number of fused-ring (bicyclic) bond motifs is 1. The van der Waals surface area contributed by atoms with E-state index in [4.69, 9.17) is 4.74 Å². The number of rotatable bonds is 5. The Bertz CT molecular complexity index is 1450. The number of aryl methyl sites for hydroxylation is 2. The first-order valence-electron chi connectivity index (χ1n) is 11.9. The molecule has 186 valence electrons. The van der Waals surface area contributed by atoms with Crippen molar-refractivity contribution < 1.29 is 14.3 Å². The number of amides is 2. The molecule has 0 unspecified atom stereocenters. The molecule has 1 aromatic carbocycles. The number of thiazole rings is 1. The molecule has 1 fully saturated rings. The molecule has 4 heterocycles. The number of benzene rings is 1. The zero-order chi connectivity index (χ0) is 25.4.